The van der Waals surface area contributed by atoms with Gasteiger partial charge in [-0.3, -0.25) is 0 Å². The van der Waals surface area contributed by atoms with Crippen molar-refractivity contribution in [3.05, 3.63) is 35.2 Å². The van der Waals surface area contributed by atoms with Crippen LogP contribution < -0.4 is 0 Å². The Kier molecular flexibility index (Phi) is 2.89. The third-order valence-electron chi connectivity index (χ3n) is 2.60. The van der Waals surface area contributed by atoms with E-state index in [0.29, 0.717) is 11.4 Å². The molecule has 0 unspecified atom stereocenters. The van der Waals surface area contributed by atoms with Crippen LogP contribution in [0.1, 0.15) is 11.4 Å². The minimum absolute atomic E-state index is 0.165. The topological polar surface area (TPSA) is 50.9 Å². The van der Waals surface area contributed by atoms with Crippen LogP contribution in [0.5, 0.6) is 0 Å². The van der Waals surface area contributed by atoms with Crippen LogP contribution in [0.25, 0.3) is 11.4 Å². The number of aryl methyl sites for hydroxylation is 1. The molecule has 1 aromatic heterocycles. The van der Waals surface area contributed by atoms with E-state index in [4.69, 9.17) is 5.11 Å². The zero-order valence-electron chi connectivity index (χ0n) is 9.41. The number of halogens is 2. The summed E-state index contributed by atoms with van der Waals surface area (Å²) < 4.78 is 28.2. The molecular formula is C11H11F2N3O. The smallest absolute Gasteiger partial charge is 0.166 e. The summed E-state index contributed by atoms with van der Waals surface area (Å²) in [5, 5.41) is 16.5. The molecule has 1 aromatic carbocycles. The maximum atomic E-state index is 13.6. The van der Waals surface area contributed by atoms with Crippen LogP contribution in [0.15, 0.2) is 12.1 Å². The molecular weight excluding hydrogens is 228 g/mol. The van der Waals surface area contributed by atoms with Gasteiger partial charge in [-0.1, -0.05) is 0 Å². The van der Waals surface area contributed by atoms with E-state index in [9.17, 15) is 8.78 Å². The molecule has 0 aliphatic rings. The highest BCUT2D eigenvalue weighted by Crippen LogP contribution is 2.24. The van der Waals surface area contributed by atoms with Crippen LogP contribution in [0, 0.1) is 18.6 Å². The quantitative estimate of drug-likeness (QED) is 0.865. The number of aliphatic hydroxyl groups is 1. The van der Waals surface area contributed by atoms with E-state index in [0.717, 1.165) is 6.07 Å². The van der Waals surface area contributed by atoms with Crippen molar-refractivity contribution in [3.8, 4) is 11.4 Å². The largest absolute Gasteiger partial charge is 0.388 e. The number of benzene rings is 1. The minimum Gasteiger partial charge on any atom is -0.388 e. The lowest BCUT2D eigenvalue weighted by Gasteiger charge is -2.05. The van der Waals surface area contributed by atoms with Gasteiger partial charge in [-0.2, -0.15) is 0 Å². The standard InChI is InChI=1S/C11H11F2N3O/c1-6-3-7(9(13)4-8(6)12)11-15-14-10(5-17)16(11)2/h3-4,17H,5H2,1-2H3. The summed E-state index contributed by atoms with van der Waals surface area (Å²) in [6, 6.07) is 2.19. The average Bonchev–Trinajstić information content (AvgIpc) is 2.65. The normalized spacial score (nSPS) is 10.9. The maximum absolute atomic E-state index is 13.6. The Bertz CT molecular complexity index is 566. The van der Waals surface area contributed by atoms with Crippen molar-refractivity contribution in [1.82, 2.24) is 14.8 Å². The first-order valence-electron chi connectivity index (χ1n) is 4.99. The minimum atomic E-state index is -0.701. The highest BCUT2D eigenvalue weighted by atomic mass is 19.1. The first kappa shape index (κ1) is 11.7. The predicted molar refractivity (Wildman–Crippen MR) is 57.0 cm³/mol. The van der Waals surface area contributed by atoms with Gasteiger partial charge in [0, 0.05) is 13.1 Å². The molecule has 0 fully saturated rings. The Morgan fingerprint density at radius 2 is 1.94 bits per heavy atom. The van der Waals surface area contributed by atoms with Gasteiger partial charge in [0.25, 0.3) is 0 Å². The lowest BCUT2D eigenvalue weighted by molar-refractivity contribution is 0.267. The van der Waals surface area contributed by atoms with Crippen molar-refractivity contribution in [1.29, 1.82) is 0 Å². The van der Waals surface area contributed by atoms with Gasteiger partial charge in [-0.15, -0.1) is 10.2 Å². The van der Waals surface area contributed by atoms with Gasteiger partial charge in [0.15, 0.2) is 11.6 Å². The second-order valence-electron chi connectivity index (χ2n) is 3.74. The van der Waals surface area contributed by atoms with E-state index >= 15 is 0 Å². The fourth-order valence-electron chi connectivity index (χ4n) is 1.56. The predicted octanol–water partition coefficient (Wildman–Crippen LogP) is 1.56. The van der Waals surface area contributed by atoms with Crippen LogP contribution in [0.3, 0.4) is 0 Å². The summed E-state index contributed by atoms with van der Waals surface area (Å²) >= 11 is 0. The summed E-state index contributed by atoms with van der Waals surface area (Å²) in [6.07, 6.45) is 0. The fraction of sp³-hybridized carbons (Fsp3) is 0.273. The second kappa shape index (κ2) is 4.21. The number of aromatic nitrogens is 3. The lowest BCUT2D eigenvalue weighted by atomic mass is 10.1. The Morgan fingerprint density at radius 3 is 2.53 bits per heavy atom. The Morgan fingerprint density at radius 1 is 1.24 bits per heavy atom. The van der Waals surface area contributed by atoms with E-state index in [-0.39, 0.29) is 18.0 Å². The van der Waals surface area contributed by atoms with Crippen LogP contribution in [-0.4, -0.2) is 19.9 Å². The lowest BCUT2D eigenvalue weighted by Crippen LogP contribution is -2.01. The summed E-state index contributed by atoms with van der Waals surface area (Å²) in [4.78, 5) is 0. The van der Waals surface area contributed by atoms with E-state index in [2.05, 4.69) is 10.2 Å². The molecule has 0 amide bonds. The van der Waals surface area contributed by atoms with Crippen molar-refractivity contribution in [3.63, 3.8) is 0 Å². The molecule has 1 N–H and O–H groups in total. The van der Waals surface area contributed by atoms with Crippen molar-refractivity contribution in [2.24, 2.45) is 7.05 Å². The molecule has 90 valence electrons. The van der Waals surface area contributed by atoms with Gasteiger partial charge in [-0.25, -0.2) is 8.78 Å². The summed E-state index contributed by atoms with van der Waals surface area (Å²) in [5.41, 5.74) is 0.494. The maximum Gasteiger partial charge on any atom is 0.166 e. The van der Waals surface area contributed by atoms with Gasteiger partial charge in [0.2, 0.25) is 0 Å². The number of nitrogens with zero attached hydrogens (tertiary/aromatic N) is 3. The molecule has 0 spiro atoms. The Labute approximate surface area is 96.5 Å². The van der Waals surface area contributed by atoms with Crippen LogP contribution >= 0.6 is 0 Å². The van der Waals surface area contributed by atoms with Crippen molar-refractivity contribution < 1.29 is 13.9 Å². The number of aliphatic hydroxyl groups excluding tert-OH is 1. The SMILES string of the molecule is Cc1cc(-c2nnc(CO)n2C)c(F)cc1F. The molecule has 2 aromatic rings. The van der Waals surface area contributed by atoms with Crippen molar-refractivity contribution in [2.45, 2.75) is 13.5 Å². The first-order chi connectivity index (χ1) is 8.04. The first-order valence-corrected chi connectivity index (χ1v) is 4.99. The van der Waals surface area contributed by atoms with Crippen LogP contribution in [-0.2, 0) is 13.7 Å². The molecule has 0 radical (unpaired) electrons. The van der Waals surface area contributed by atoms with E-state index in [1.165, 1.54) is 10.6 Å². The number of rotatable bonds is 2. The highest BCUT2D eigenvalue weighted by Gasteiger charge is 2.15. The van der Waals surface area contributed by atoms with Crippen LogP contribution in [0.4, 0.5) is 8.78 Å². The summed E-state index contributed by atoms with van der Waals surface area (Å²) in [6.45, 7) is 1.26. The van der Waals surface area contributed by atoms with Crippen molar-refractivity contribution in [2.75, 3.05) is 0 Å². The fourth-order valence-corrected chi connectivity index (χ4v) is 1.56. The molecule has 0 atom stereocenters. The molecule has 0 bridgehead atoms. The highest BCUT2D eigenvalue weighted by molar-refractivity contribution is 5.57. The van der Waals surface area contributed by atoms with E-state index in [1.54, 1.807) is 14.0 Å². The average molecular weight is 239 g/mol. The molecule has 4 nitrogen and oxygen atoms in total. The molecule has 0 saturated carbocycles. The molecule has 0 aliphatic carbocycles. The van der Waals surface area contributed by atoms with Gasteiger partial charge in [-0.05, 0) is 18.6 Å². The molecule has 1 heterocycles. The van der Waals surface area contributed by atoms with Gasteiger partial charge in [0.05, 0.1) is 5.56 Å². The van der Waals surface area contributed by atoms with Crippen LogP contribution in [0.2, 0.25) is 0 Å². The Balaban J connectivity index is 2.60. The Hall–Kier alpha value is -1.82. The molecule has 0 saturated heterocycles. The molecule has 2 rings (SSSR count). The molecule has 17 heavy (non-hydrogen) atoms. The van der Waals surface area contributed by atoms with Crippen molar-refractivity contribution >= 4 is 0 Å². The van der Waals surface area contributed by atoms with Gasteiger partial charge < -0.3 is 9.67 Å². The molecule has 0 aliphatic heterocycles. The van der Waals surface area contributed by atoms with Gasteiger partial charge >= 0.3 is 0 Å². The zero-order valence-corrected chi connectivity index (χ0v) is 9.41. The van der Waals surface area contributed by atoms with E-state index < -0.39 is 11.6 Å². The third kappa shape index (κ3) is 1.91. The number of hydrogen-bond donors (Lipinski definition) is 1. The zero-order chi connectivity index (χ0) is 12.6. The summed E-state index contributed by atoms with van der Waals surface area (Å²) in [5.74, 6) is -0.722. The van der Waals surface area contributed by atoms with Gasteiger partial charge in [0.1, 0.15) is 18.2 Å². The third-order valence-corrected chi connectivity index (χ3v) is 2.60. The summed E-state index contributed by atoms with van der Waals surface area (Å²) in [7, 11) is 1.61. The number of hydrogen-bond acceptors (Lipinski definition) is 3. The second-order valence-corrected chi connectivity index (χ2v) is 3.74. The molecule has 6 heteroatoms. The van der Waals surface area contributed by atoms with E-state index in [1.807, 2.05) is 0 Å². The monoisotopic (exact) mass is 239 g/mol.